The van der Waals surface area contributed by atoms with Crippen molar-refractivity contribution in [3.05, 3.63) is 46.4 Å². The lowest BCUT2D eigenvalue weighted by molar-refractivity contribution is 0.174. The van der Waals surface area contributed by atoms with Gasteiger partial charge < -0.3 is 19.5 Å². The third-order valence-electron chi connectivity index (χ3n) is 3.67. The highest BCUT2D eigenvalue weighted by Gasteiger charge is 2.23. The summed E-state index contributed by atoms with van der Waals surface area (Å²) in [6.45, 7) is 1.06. The van der Waals surface area contributed by atoms with E-state index >= 15 is 0 Å². The van der Waals surface area contributed by atoms with Gasteiger partial charge in [0.25, 0.3) is 0 Å². The molecule has 2 aliphatic rings. The minimum Gasteiger partial charge on any atom is -0.488 e. The van der Waals surface area contributed by atoms with Crippen LogP contribution in [0, 0.1) is 0 Å². The highest BCUT2D eigenvalue weighted by Crippen LogP contribution is 2.35. The summed E-state index contributed by atoms with van der Waals surface area (Å²) in [5, 5.41) is 3.39. The van der Waals surface area contributed by atoms with E-state index in [1.165, 1.54) is 5.56 Å². The Bertz CT molecular complexity index is 689. The second-order valence-corrected chi connectivity index (χ2v) is 6.06. The molecule has 1 unspecified atom stereocenters. The van der Waals surface area contributed by atoms with E-state index in [2.05, 4.69) is 27.3 Å². The first-order valence-electron chi connectivity index (χ1n) is 6.86. The molecule has 0 saturated carbocycles. The molecule has 2 heterocycles. The van der Waals surface area contributed by atoms with Crippen molar-refractivity contribution >= 4 is 21.6 Å². The van der Waals surface area contributed by atoms with Crippen molar-refractivity contribution in [1.29, 1.82) is 0 Å². The summed E-state index contributed by atoms with van der Waals surface area (Å²) < 4.78 is 17.7. The molecule has 2 aromatic rings. The molecule has 21 heavy (non-hydrogen) atoms. The largest absolute Gasteiger partial charge is 0.488 e. The van der Waals surface area contributed by atoms with E-state index in [0.717, 1.165) is 40.4 Å². The quantitative estimate of drug-likeness (QED) is 0.920. The van der Waals surface area contributed by atoms with Crippen LogP contribution in [-0.4, -0.2) is 19.4 Å². The van der Waals surface area contributed by atoms with Crippen molar-refractivity contribution < 1.29 is 14.2 Å². The van der Waals surface area contributed by atoms with Gasteiger partial charge in [0.2, 0.25) is 6.79 Å². The summed E-state index contributed by atoms with van der Waals surface area (Å²) in [5.74, 6) is 2.57. The molecule has 0 fully saturated rings. The average molecular weight is 348 g/mol. The summed E-state index contributed by atoms with van der Waals surface area (Å²) in [4.78, 5) is 0. The molecule has 1 N–H and O–H groups in total. The zero-order chi connectivity index (χ0) is 14.2. The molecule has 0 amide bonds. The first-order chi connectivity index (χ1) is 10.3. The lowest BCUT2D eigenvalue weighted by Gasteiger charge is -2.13. The number of rotatable bonds is 3. The van der Waals surface area contributed by atoms with Crippen LogP contribution in [0.2, 0.25) is 0 Å². The molecule has 1 atom stereocenters. The number of benzene rings is 2. The number of nitrogens with one attached hydrogen (secondary N) is 1. The van der Waals surface area contributed by atoms with E-state index < -0.39 is 0 Å². The zero-order valence-electron chi connectivity index (χ0n) is 11.3. The number of ether oxygens (including phenoxy) is 3. The second-order valence-electron chi connectivity index (χ2n) is 5.14. The molecule has 2 aliphatic heterocycles. The van der Waals surface area contributed by atoms with Gasteiger partial charge in [0, 0.05) is 22.6 Å². The van der Waals surface area contributed by atoms with E-state index in [1.807, 2.05) is 30.3 Å². The smallest absolute Gasteiger partial charge is 0.231 e. The van der Waals surface area contributed by atoms with Gasteiger partial charge >= 0.3 is 0 Å². The van der Waals surface area contributed by atoms with Gasteiger partial charge in [-0.15, -0.1) is 0 Å². The van der Waals surface area contributed by atoms with Crippen LogP contribution in [0.1, 0.15) is 5.56 Å². The molecule has 2 aromatic carbocycles. The van der Waals surface area contributed by atoms with Crippen molar-refractivity contribution in [3.63, 3.8) is 0 Å². The van der Waals surface area contributed by atoms with Crippen LogP contribution in [0.4, 0.5) is 5.69 Å². The van der Waals surface area contributed by atoms with Gasteiger partial charge in [-0.1, -0.05) is 15.9 Å². The maximum atomic E-state index is 5.94. The topological polar surface area (TPSA) is 39.7 Å². The molecule has 0 bridgehead atoms. The average Bonchev–Trinajstić information content (AvgIpc) is 3.09. The third-order valence-corrected chi connectivity index (χ3v) is 4.16. The zero-order valence-corrected chi connectivity index (χ0v) is 12.9. The third kappa shape index (κ3) is 2.53. The Balaban J connectivity index is 1.40. The Morgan fingerprint density at radius 1 is 1.05 bits per heavy atom. The molecule has 4 rings (SSSR count). The first-order valence-corrected chi connectivity index (χ1v) is 7.66. The number of halogens is 1. The predicted octanol–water partition coefficient (Wildman–Crippen LogP) is 3.59. The fourth-order valence-corrected chi connectivity index (χ4v) is 3.05. The van der Waals surface area contributed by atoms with Gasteiger partial charge in [0.1, 0.15) is 11.9 Å². The minimum absolute atomic E-state index is 0.153. The summed E-state index contributed by atoms with van der Waals surface area (Å²) >= 11 is 3.49. The SMILES string of the molecule is Brc1ccc2c(c1)CC(CNc1ccc3c(c1)OCO3)O2. The van der Waals surface area contributed by atoms with Gasteiger partial charge in [0.15, 0.2) is 11.5 Å². The molecule has 0 spiro atoms. The fourth-order valence-electron chi connectivity index (χ4n) is 2.64. The Morgan fingerprint density at radius 3 is 2.86 bits per heavy atom. The van der Waals surface area contributed by atoms with Crippen LogP contribution in [0.15, 0.2) is 40.9 Å². The Morgan fingerprint density at radius 2 is 1.90 bits per heavy atom. The maximum absolute atomic E-state index is 5.94. The van der Waals surface area contributed by atoms with E-state index in [1.54, 1.807) is 0 Å². The second kappa shape index (κ2) is 5.15. The van der Waals surface area contributed by atoms with Gasteiger partial charge in [-0.2, -0.15) is 0 Å². The molecular formula is C16H14BrNO3. The predicted molar refractivity (Wildman–Crippen MR) is 83.3 cm³/mol. The molecule has 0 radical (unpaired) electrons. The van der Waals surface area contributed by atoms with Crippen LogP contribution < -0.4 is 19.5 Å². The molecule has 0 aliphatic carbocycles. The highest BCUT2D eigenvalue weighted by molar-refractivity contribution is 9.10. The van der Waals surface area contributed by atoms with Crippen molar-refractivity contribution in [2.75, 3.05) is 18.7 Å². The van der Waals surface area contributed by atoms with Crippen LogP contribution in [0.5, 0.6) is 17.2 Å². The van der Waals surface area contributed by atoms with Gasteiger partial charge in [-0.25, -0.2) is 0 Å². The van der Waals surface area contributed by atoms with E-state index in [9.17, 15) is 0 Å². The first kappa shape index (κ1) is 12.8. The Labute approximate surface area is 131 Å². The highest BCUT2D eigenvalue weighted by atomic mass is 79.9. The summed E-state index contributed by atoms with van der Waals surface area (Å²) in [6, 6.07) is 12.0. The number of hydrogen-bond acceptors (Lipinski definition) is 4. The monoisotopic (exact) mass is 347 g/mol. The summed E-state index contributed by atoms with van der Waals surface area (Å²) in [7, 11) is 0. The van der Waals surface area contributed by atoms with E-state index in [0.29, 0.717) is 6.79 Å². The van der Waals surface area contributed by atoms with Gasteiger partial charge in [-0.3, -0.25) is 0 Å². The van der Waals surface area contributed by atoms with Crippen molar-refractivity contribution in [2.24, 2.45) is 0 Å². The van der Waals surface area contributed by atoms with Crippen LogP contribution >= 0.6 is 15.9 Å². The molecular weight excluding hydrogens is 334 g/mol. The molecule has 0 saturated heterocycles. The van der Waals surface area contributed by atoms with E-state index in [4.69, 9.17) is 14.2 Å². The van der Waals surface area contributed by atoms with Gasteiger partial charge in [0.05, 0.1) is 6.54 Å². The van der Waals surface area contributed by atoms with Crippen molar-refractivity contribution in [2.45, 2.75) is 12.5 Å². The Kier molecular flexibility index (Phi) is 3.15. The normalized spacial score (nSPS) is 18.2. The Hall–Kier alpha value is -1.88. The molecule has 108 valence electrons. The van der Waals surface area contributed by atoms with Crippen LogP contribution in [0.25, 0.3) is 0 Å². The number of anilines is 1. The van der Waals surface area contributed by atoms with E-state index in [-0.39, 0.29) is 6.10 Å². The minimum atomic E-state index is 0.153. The summed E-state index contributed by atoms with van der Waals surface area (Å²) in [6.07, 6.45) is 1.08. The van der Waals surface area contributed by atoms with Crippen molar-refractivity contribution in [1.82, 2.24) is 0 Å². The molecule has 0 aromatic heterocycles. The van der Waals surface area contributed by atoms with Crippen LogP contribution in [0.3, 0.4) is 0 Å². The molecule has 4 nitrogen and oxygen atoms in total. The lowest BCUT2D eigenvalue weighted by Crippen LogP contribution is -2.23. The molecule has 5 heteroatoms. The fraction of sp³-hybridized carbons (Fsp3) is 0.250. The summed E-state index contributed by atoms with van der Waals surface area (Å²) in [5.41, 5.74) is 2.27. The lowest BCUT2D eigenvalue weighted by atomic mass is 10.1. The maximum Gasteiger partial charge on any atom is 0.231 e. The number of hydrogen-bond donors (Lipinski definition) is 1. The standard InChI is InChI=1S/C16H14BrNO3/c17-11-1-3-14-10(5-11)6-13(21-14)8-18-12-2-4-15-16(7-12)20-9-19-15/h1-5,7,13,18H,6,8-9H2. The van der Waals surface area contributed by atoms with Crippen LogP contribution in [-0.2, 0) is 6.42 Å². The number of fused-ring (bicyclic) bond motifs is 2. The van der Waals surface area contributed by atoms with Crippen molar-refractivity contribution in [3.8, 4) is 17.2 Å². The van der Waals surface area contributed by atoms with Gasteiger partial charge in [-0.05, 0) is 35.9 Å².